The highest BCUT2D eigenvalue weighted by atomic mass is 32.2. The minimum atomic E-state index is -0.745. The molecule has 0 aromatic heterocycles. The van der Waals surface area contributed by atoms with E-state index in [-0.39, 0.29) is 6.04 Å². The first-order valence-corrected chi connectivity index (χ1v) is 6.94. The van der Waals surface area contributed by atoms with Gasteiger partial charge in [-0.05, 0) is 12.7 Å². The molecule has 0 radical (unpaired) electrons. The van der Waals surface area contributed by atoms with Gasteiger partial charge in [0.25, 0.3) is 0 Å². The Balaban J connectivity index is 2.62. The molecule has 1 unspecified atom stereocenters. The van der Waals surface area contributed by atoms with Gasteiger partial charge in [-0.3, -0.25) is 10.1 Å². The molecule has 100 valence electrons. The second-order valence-electron chi connectivity index (χ2n) is 3.95. The van der Waals surface area contributed by atoms with E-state index in [2.05, 4.69) is 12.2 Å². The summed E-state index contributed by atoms with van der Waals surface area (Å²) in [7, 11) is 0. The average Bonchev–Trinajstić information content (AvgIpc) is 2.34. The van der Waals surface area contributed by atoms with Gasteiger partial charge in [0.05, 0.1) is 4.92 Å². The zero-order chi connectivity index (χ0) is 13.5. The van der Waals surface area contributed by atoms with Crippen molar-refractivity contribution >= 4 is 17.4 Å². The van der Waals surface area contributed by atoms with Crippen molar-refractivity contribution in [1.82, 2.24) is 5.32 Å². The van der Waals surface area contributed by atoms with Gasteiger partial charge in [0.15, 0.2) is 0 Å². The number of halogens is 1. The van der Waals surface area contributed by atoms with Crippen LogP contribution in [0.4, 0.5) is 10.1 Å². The molecule has 0 amide bonds. The summed E-state index contributed by atoms with van der Waals surface area (Å²) in [5, 5.41) is 13.8. The van der Waals surface area contributed by atoms with Gasteiger partial charge in [0, 0.05) is 30.0 Å². The maximum absolute atomic E-state index is 13.7. The topological polar surface area (TPSA) is 55.2 Å². The second-order valence-corrected chi connectivity index (χ2v) is 5.27. The number of rotatable bonds is 7. The fourth-order valence-corrected chi connectivity index (χ4v) is 2.19. The largest absolute Gasteiger partial charge is 0.309 e. The first-order chi connectivity index (χ1) is 8.56. The van der Waals surface area contributed by atoms with Crippen molar-refractivity contribution in [3.63, 3.8) is 0 Å². The molecular formula is C12H17FN2O2S. The summed E-state index contributed by atoms with van der Waals surface area (Å²) < 4.78 is 13.7. The van der Waals surface area contributed by atoms with Crippen LogP contribution in [0.25, 0.3) is 0 Å². The summed E-state index contributed by atoms with van der Waals surface area (Å²) >= 11 is 1.80. The first kappa shape index (κ1) is 14.9. The molecule has 4 nitrogen and oxygen atoms in total. The lowest BCUT2D eigenvalue weighted by Crippen LogP contribution is -2.28. The van der Waals surface area contributed by atoms with E-state index in [0.717, 1.165) is 11.5 Å². The average molecular weight is 272 g/mol. The van der Waals surface area contributed by atoms with E-state index in [0.29, 0.717) is 12.1 Å². The fourth-order valence-electron chi connectivity index (χ4n) is 1.48. The van der Waals surface area contributed by atoms with Crippen LogP contribution in [0, 0.1) is 15.9 Å². The molecule has 1 rings (SSSR count). The highest BCUT2D eigenvalue weighted by Crippen LogP contribution is 2.20. The van der Waals surface area contributed by atoms with Crippen LogP contribution in [0.5, 0.6) is 0 Å². The Hall–Kier alpha value is -1.14. The van der Waals surface area contributed by atoms with Crippen LogP contribution in [0.15, 0.2) is 18.2 Å². The van der Waals surface area contributed by atoms with E-state index in [9.17, 15) is 14.5 Å². The Morgan fingerprint density at radius 1 is 1.56 bits per heavy atom. The maximum atomic E-state index is 13.7. The Morgan fingerprint density at radius 2 is 2.28 bits per heavy atom. The van der Waals surface area contributed by atoms with Gasteiger partial charge < -0.3 is 5.32 Å². The van der Waals surface area contributed by atoms with Crippen LogP contribution in [-0.2, 0) is 6.54 Å². The summed E-state index contributed by atoms with van der Waals surface area (Å²) in [6.45, 7) is 4.40. The van der Waals surface area contributed by atoms with Crippen LogP contribution in [-0.4, -0.2) is 22.5 Å². The highest BCUT2D eigenvalue weighted by Gasteiger charge is 2.17. The molecule has 6 heteroatoms. The molecule has 0 heterocycles. The smallest absolute Gasteiger partial charge is 0.305 e. The van der Waals surface area contributed by atoms with Crippen molar-refractivity contribution < 1.29 is 9.31 Å². The van der Waals surface area contributed by atoms with Gasteiger partial charge in [0.2, 0.25) is 5.82 Å². The third kappa shape index (κ3) is 4.27. The molecule has 0 saturated heterocycles. The Labute approximate surface area is 110 Å². The van der Waals surface area contributed by atoms with E-state index < -0.39 is 16.4 Å². The molecule has 18 heavy (non-hydrogen) atoms. The Kier molecular flexibility index (Phi) is 6.07. The minimum Gasteiger partial charge on any atom is -0.309 e. The van der Waals surface area contributed by atoms with Crippen LogP contribution in [0.2, 0.25) is 0 Å². The summed E-state index contributed by atoms with van der Waals surface area (Å²) in [4.78, 5) is 9.90. The highest BCUT2D eigenvalue weighted by molar-refractivity contribution is 7.99. The van der Waals surface area contributed by atoms with Crippen molar-refractivity contribution in [2.75, 3.05) is 11.5 Å². The van der Waals surface area contributed by atoms with E-state index >= 15 is 0 Å². The third-order valence-electron chi connectivity index (χ3n) is 2.47. The molecule has 0 aliphatic rings. The SMILES string of the molecule is CCSCC(C)NCc1cccc([N+](=O)[O-])c1F. The van der Waals surface area contributed by atoms with Crippen LogP contribution in [0.1, 0.15) is 19.4 Å². The lowest BCUT2D eigenvalue weighted by Gasteiger charge is -2.13. The Morgan fingerprint density at radius 3 is 2.89 bits per heavy atom. The third-order valence-corrected chi connectivity index (χ3v) is 3.61. The quantitative estimate of drug-likeness (QED) is 0.612. The number of hydrogen-bond donors (Lipinski definition) is 1. The van der Waals surface area contributed by atoms with E-state index in [1.807, 2.05) is 6.92 Å². The van der Waals surface area contributed by atoms with Crippen molar-refractivity contribution in [2.45, 2.75) is 26.4 Å². The van der Waals surface area contributed by atoms with Crippen LogP contribution < -0.4 is 5.32 Å². The zero-order valence-corrected chi connectivity index (χ0v) is 11.3. The molecular weight excluding hydrogens is 255 g/mol. The van der Waals surface area contributed by atoms with Gasteiger partial charge in [-0.2, -0.15) is 16.2 Å². The van der Waals surface area contributed by atoms with Crippen molar-refractivity contribution in [1.29, 1.82) is 0 Å². The number of thioether (sulfide) groups is 1. The summed E-state index contributed by atoms with van der Waals surface area (Å²) in [6, 6.07) is 4.49. The molecule has 1 atom stereocenters. The standard InChI is InChI=1S/C12H17FN2O2S/c1-3-18-8-9(2)14-7-10-5-4-6-11(12(10)13)15(16)17/h4-6,9,14H,3,7-8H2,1-2H3. The molecule has 1 aromatic rings. The van der Waals surface area contributed by atoms with Crippen molar-refractivity contribution in [3.05, 3.63) is 39.7 Å². The van der Waals surface area contributed by atoms with E-state index in [1.54, 1.807) is 17.8 Å². The number of nitrogens with zero attached hydrogens (tertiary/aromatic N) is 1. The fraction of sp³-hybridized carbons (Fsp3) is 0.500. The number of nitrogens with one attached hydrogen (secondary N) is 1. The molecule has 0 aliphatic heterocycles. The number of nitro groups is 1. The van der Waals surface area contributed by atoms with Gasteiger partial charge >= 0.3 is 5.69 Å². The molecule has 0 fully saturated rings. The monoisotopic (exact) mass is 272 g/mol. The number of benzene rings is 1. The summed E-state index contributed by atoms with van der Waals surface area (Å²) in [5.41, 5.74) is -0.137. The number of hydrogen-bond acceptors (Lipinski definition) is 4. The minimum absolute atomic E-state index is 0.244. The molecule has 1 N–H and O–H groups in total. The predicted molar refractivity (Wildman–Crippen MR) is 72.4 cm³/mol. The van der Waals surface area contributed by atoms with Gasteiger partial charge in [-0.1, -0.05) is 19.1 Å². The van der Waals surface area contributed by atoms with Gasteiger partial charge in [-0.25, -0.2) is 0 Å². The molecule has 0 spiro atoms. The second kappa shape index (κ2) is 7.33. The number of nitro benzene ring substituents is 1. The van der Waals surface area contributed by atoms with Crippen LogP contribution >= 0.6 is 11.8 Å². The molecule has 0 aliphatic carbocycles. The summed E-state index contributed by atoms with van der Waals surface area (Å²) in [6.07, 6.45) is 0. The normalized spacial score (nSPS) is 12.4. The zero-order valence-electron chi connectivity index (χ0n) is 10.5. The Bertz CT molecular complexity index is 415. The van der Waals surface area contributed by atoms with Gasteiger partial charge in [-0.15, -0.1) is 0 Å². The van der Waals surface area contributed by atoms with Crippen molar-refractivity contribution in [2.24, 2.45) is 0 Å². The van der Waals surface area contributed by atoms with Crippen molar-refractivity contribution in [3.8, 4) is 0 Å². The summed E-state index contributed by atoms with van der Waals surface area (Å²) in [5.74, 6) is 1.23. The predicted octanol–water partition coefficient (Wildman–Crippen LogP) is 2.97. The van der Waals surface area contributed by atoms with Crippen LogP contribution in [0.3, 0.4) is 0 Å². The lowest BCUT2D eigenvalue weighted by molar-refractivity contribution is -0.387. The lowest BCUT2D eigenvalue weighted by atomic mass is 10.2. The molecule has 0 saturated carbocycles. The maximum Gasteiger partial charge on any atom is 0.305 e. The van der Waals surface area contributed by atoms with E-state index in [4.69, 9.17) is 0 Å². The first-order valence-electron chi connectivity index (χ1n) is 5.79. The van der Waals surface area contributed by atoms with Gasteiger partial charge in [0.1, 0.15) is 0 Å². The molecule has 1 aromatic carbocycles. The molecule has 0 bridgehead atoms. The van der Waals surface area contributed by atoms with E-state index in [1.165, 1.54) is 12.1 Å².